The van der Waals surface area contributed by atoms with Crippen molar-refractivity contribution in [1.29, 1.82) is 0 Å². The third-order valence-electron chi connectivity index (χ3n) is 5.19. The lowest BCUT2D eigenvalue weighted by Crippen LogP contribution is -2.24. The Labute approximate surface area is 169 Å². The first-order valence-electron chi connectivity index (χ1n) is 9.41. The molecule has 4 heteroatoms. The van der Waals surface area contributed by atoms with Crippen LogP contribution in [0.5, 0.6) is 0 Å². The Morgan fingerprint density at radius 2 is 1.62 bits per heavy atom. The fraction of sp³-hybridized carbons (Fsp3) is 0.120. The second-order valence-electron chi connectivity index (χ2n) is 7.06. The minimum atomic E-state index is -0.517. The topological polar surface area (TPSA) is 46.6 Å². The average Bonchev–Trinajstić information content (AvgIpc) is 2.98. The summed E-state index contributed by atoms with van der Waals surface area (Å²) in [5.41, 5.74) is 3.93. The van der Waals surface area contributed by atoms with Gasteiger partial charge in [-0.05, 0) is 36.9 Å². The monoisotopic (exact) mass is 383 g/mol. The maximum absolute atomic E-state index is 13.5. The predicted molar refractivity (Wildman–Crippen MR) is 115 cm³/mol. The Morgan fingerprint density at radius 1 is 0.931 bits per heavy atom. The number of carbonyl (C=O) groups excluding carboxylic acids is 2. The third-order valence-corrected chi connectivity index (χ3v) is 5.19. The Morgan fingerprint density at radius 3 is 2.34 bits per heavy atom. The molecule has 1 amide bonds. The van der Waals surface area contributed by atoms with E-state index in [9.17, 15) is 9.59 Å². The number of aryl methyl sites for hydroxylation is 1. The summed E-state index contributed by atoms with van der Waals surface area (Å²) in [6.45, 7) is 3.78. The SMILES string of the molecule is COC(=O)C1=C(C)N(c2cccc3ccccc23)C(=O)/C1=C\c1ccc(C)cc1. The first-order chi connectivity index (χ1) is 14.0. The number of allylic oxidation sites excluding steroid dienone is 1. The number of rotatable bonds is 3. The van der Waals surface area contributed by atoms with Crippen molar-refractivity contribution >= 4 is 34.4 Å². The van der Waals surface area contributed by atoms with Crippen LogP contribution in [0.3, 0.4) is 0 Å². The van der Waals surface area contributed by atoms with Crippen molar-refractivity contribution in [3.63, 3.8) is 0 Å². The number of amides is 1. The van der Waals surface area contributed by atoms with Crippen LogP contribution in [0.15, 0.2) is 83.6 Å². The molecule has 0 spiro atoms. The van der Waals surface area contributed by atoms with E-state index >= 15 is 0 Å². The van der Waals surface area contributed by atoms with Crippen molar-refractivity contribution in [3.05, 3.63) is 94.7 Å². The highest BCUT2D eigenvalue weighted by atomic mass is 16.5. The number of benzene rings is 3. The van der Waals surface area contributed by atoms with Crippen molar-refractivity contribution in [2.24, 2.45) is 0 Å². The molecule has 0 saturated heterocycles. The van der Waals surface area contributed by atoms with E-state index in [-0.39, 0.29) is 5.91 Å². The van der Waals surface area contributed by atoms with E-state index in [1.54, 1.807) is 17.9 Å². The van der Waals surface area contributed by atoms with Gasteiger partial charge in [-0.25, -0.2) is 4.79 Å². The molecule has 0 bridgehead atoms. The molecule has 29 heavy (non-hydrogen) atoms. The van der Waals surface area contributed by atoms with Crippen LogP contribution in [0.1, 0.15) is 18.1 Å². The fourth-order valence-corrected chi connectivity index (χ4v) is 3.70. The largest absolute Gasteiger partial charge is 0.465 e. The van der Waals surface area contributed by atoms with Gasteiger partial charge in [0, 0.05) is 11.1 Å². The number of methoxy groups -OCH3 is 1. The lowest BCUT2D eigenvalue weighted by atomic mass is 10.0. The highest BCUT2D eigenvalue weighted by Crippen LogP contribution is 2.38. The average molecular weight is 383 g/mol. The van der Waals surface area contributed by atoms with Gasteiger partial charge in [-0.3, -0.25) is 9.69 Å². The number of hydrogen-bond acceptors (Lipinski definition) is 3. The maximum atomic E-state index is 13.5. The van der Waals surface area contributed by atoms with Crippen molar-refractivity contribution in [1.82, 2.24) is 0 Å². The lowest BCUT2D eigenvalue weighted by molar-refractivity contribution is -0.136. The van der Waals surface area contributed by atoms with E-state index in [1.807, 2.05) is 73.7 Å². The molecule has 1 heterocycles. The molecule has 0 aromatic heterocycles. The van der Waals surface area contributed by atoms with Crippen LogP contribution in [0.25, 0.3) is 16.8 Å². The molecule has 4 nitrogen and oxygen atoms in total. The van der Waals surface area contributed by atoms with Crippen LogP contribution in [0.4, 0.5) is 5.69 Å². The van der Waals surface area contributed by atoms with Crippen LogP contribution in [0.2, 0.25) is 0 Å². The minimum absolute atomic E-state index is 0.236. The van der Waals surface area contributed by atoms with Gasteiger partial charge in [0.15, 0.2) is 0 Å². The molecule has 0 atom stereocenters. The van der Waals surface area contributed by atoms with Gasteiger partial charge in [0.1, 0.15) is 0 Å². The second kappa shape index (κ2) is 7.40. The summed E-state index contributed by atoms with van der Waals surface area (Å²) >= 11 is 0. The van der Waals surface area contributed by atoms with E-state index < -0.39 is 5.97 Å². The quantitative estimate of drug-likeness (QED) is 0.471. The Bertz CT molecular complexity index is 1180. The van der Waals surface area contributed by atoms with Gasteiger partial charge in [-0.1, -0.05) is 66.2 Å². The van der Waals surface area contributed by atoms with Crippen LogP contribution >= 0.6 is 0 Å². The first kappa shape index (κ1) is 18.7. The number of fused-ring (bicyclic) bond motifs is 1. The molecular formula is C25H21NO3. The van der Waals surface area contributed by atoms with E-state index in [0.29, 0.717) is 16.8 Å². The zero-order valence-corrected chi connectivity index (χ0v) is 16.6. The van der Waals surface area contributed by atoms with Crippen LogP contribution in [-0.2, 0) is 14.3 Å². The molecular weight excluding hydrogens is 362 g/mol. The summed E-state index contributed by atoms with van der Waals surface area (Å²) in [6, 6.07) is 21.5. The molecule has 1 aliphatic rings. The van der Waals surface area contributed by atoms with Gasteiger partial charge in [0.05, 0.1) is 23.9 Å². The summed E-state index contributed by atoms with van der Waals surface area (Å²) in [5, 5.41) is 1.98. The van der Waals surface area contributed by atoms with Crippen molar-refractivity contribution in [3.8, 4) is 0 Å². The number of carbonyl (C=O) groups is 2. The summed E-state index contributed by atoms with van der Waals surface area (Å²) < 4.78 is 5.00. The van der Waals surface area contributed by atoms with Crippen molar-refractivity contribution in [2.75, 3.05) is 12.0 Å². The Balaban J connectivity index is 1.90. The summed E-state index contributed by atoms with van der Waals surface area (Å²) in [5.74, 6) is -0.753. The van der Waals surface area contributed by atoms with E-state index in [4.69, 9.17) is 4.74 Å². The molecule has 0 saturated carbocycles. The molecule has 0 aliphatic carbocycles. The van der Waals surface area contributed by atoms with Crippen molar-refractivity contribution in [2.45, 2.75) is 13.8 Å². The van der Waals surface area contributed by atoms with Gasteiger partial charge in [-0.2, -0.15) is 0 Å². The van der Waals surface area contributed by atoms with Gasteiger partial charge in [0.25, 0.3) is 5.91 Å². The van der Waals surface area contributed by atoms with Crippen LogP contribution in [0, 0.1) is 6.92 Å². The first-order valence-corrected chi connectivity index (χ1v) is 9.41. The van der Waals surface area contributed by atoms with E-state index in [2.05, 4.69) is 0 Å². The molecule has 0 unspecified atom stereocenters. The third kappa shape index (κ3) is 3.23. The number of esters is 1. The Hall–Kier alpha value is -3.66. The standard InChI is InChI=1S/C25H21NO3/c1-16-11-13-18(14-12-16)15-21-23(25(28)29-3)17(2)26(24(21)27)22-10-6-8-19-7-4-5-9-20(19)22/h4-15H,1-3H3/b21-15-. The number of ether oxygens (including phenoxy) is 1. The Kier molecular flexibility index (Phi) is 4.77. The zero-order valence-electron chi connectivity index (χ0n) is 16.6. The number of anilines is 1. The normalized spacial score (nSPS) is 15.5. The van der Waals surface area contributed by atoms with E-state index in [1.165, 1.54) is 7.11 Å². The molecule has 0 radical (unpaired) electrons. The summed E-state index contributed by atoms with van der Waals surface area (Å²) in [7, 11) is 1.33. The summed E-state index contributed by atoms with van der Waals surface area (Å²) in [4.78, 5) is 27.6. The maximum Gasteiger partial charge on any atom is 0.340 e. The highest BCUT2D eigenvalue weighted by Gasteiger charge is 2.38. The second-order valence-corrected chi connectivity index (χ2v) is 7.06. The minimum Gasteiger partial charge on any atom is -0.465 e. The molecule has 3 aromatic rings. The van der Waals surface area contributed by atoms with Gasteiger partial charge in [0.2, 0.25) is 0 Å². The number of nitrogens with zero attached hydrogens (tertiary/aromatic N) is 1. The summed E-state index contributed by atoms with van der Waals surface area (Å²) in [6.07, 6.45) is 1.75. The number of hydrogen-bond donors (Lipinski definition) is 0. The highest BCUT2D eigenvalue weighted by molar-refractivity contribution is 6.25. The zero-order chi connectivity index (χ0) is 20.5. The van der Waals surface area contributed by atoms with Crippen molar-refractivity contribution < 1.29 is 14.3 Å². The molecule has 3 aromatic carbocycles. The molecule has 0 fully saturated rings. The molecule has 144 valence electrons. The van der Waals surface area contributed by atoms with Crippen LogP contribution < -0.4 is 4.90 Å². The van der Waals surface area contributed by atoms with Gasteiger partial charge >= 0.3 is 5.97 Å². The van der Waals surface area contributed by atoms with Crippen LogP contribution in [-0.4, -0.2) is 19.0 Å². The predicted octanol–water partition coefficient (Wildman–Crippen LogP) is 5.03. The van der Waals surface area contributed by atoms with Gasteiger partial charge < -0.3 is 4.74 Å². The lowest BCUT2D eigenvalue weighted by Gasteiger charge is -2.20. The van der Waals surface area contributed by atoms with Gasteiger partial charge in [-0.15, -0.1) is 0 Å². The fourth-order valence-electron chi connectivity index (χ4n) is 3.70. The van der Waals surface area contributed by atoms with E-state index in [0.717, 1.165) is 27.6 Å². The molecule has 0 N–H and O–H groups in total. The molecule has 1 aliphatic heterocycles. The smallest absolute Gasteiger partial charge is 0.340 e. The molecule has 4 rings (SSSR count).